The molecule has 0 aliphatic heterocycles. The number of benzene rings is 1. The number of aromatic nitrogens is 3. The van der Waals surface area contributed by atoms with Crippen LogP contribution in [0.4, 0.5) is 0 Å². The minimum absolute atomic E-state index is 0.216. The Bertz CT molecular complexity index is 889. The molecular formula is C19H18N4O2. The van der Waals surface area contributed by atoms with Crippen LogP contribution in [0.3, 0.4) is 0 Å². The molecule has 0 bridgehead atoms. The zero-order chi connectivity index (χ0) is 17.1. The number of aryl methyl sites for hydroxylation is 1. The van der Waals surface area contributed by atoms with E-state index in [0.29, 0.717) is 12.2 Å². The molecule has 1 amide bonds. The van der Waals surface area contributed by atoms with Gasteiger partial charge in [-0.1, -0.05) is 35.5 Å². The summed E-state index contributed by atoms with van der Waals surface area (Å²) in [6, 6.07) is 11.8. The Balaban J connectivity index is 1.47. The Labute approximate surface area is 145 Å². The maximum atomic E-state index is 12.4. The standard InChI is InChI=1S/C19H18N4O2/c24-19(18-15-8-4-5-9-17(15)25-23-18)20-11-14-10-16(22-12-21-14)13-6-2-1-3-7-13/h1-3,6-7,10,12H,4-5,8-9,11H2,(H,20,24). The summed E-state index contributed by atoms with van der Waals surface area (Å²) in [5.74, 6) is 0.636. The molecular weight excluding hydrogens is 316 g/mol. The number of nitrogens with one attached hydrogen (secondary N) is 1. The van der Waals surface area contributed by atoms with E-state index in [0.717, 1.165) is 54.0 Å². The Hall–Kier alpha value is -3.02. The van der Waals surface area contributed by atoms with Crippen molar-refractivity contribution in [2.45, 2.75) is 32.2 Å². The second-order valence-corrected chi connectivity index (χ2v) is 6.08. The molecule has 6 heteroatoms. The number of carbonyl (C=O) groups is 1. The first kappa shape index (κ1) is 15.5. The fourth-order valence-electron chi connectivity index (χ4n) is 3.08. The number of nitrogens with zero attached hydrogens (tertiary/aromatic N) is 3. The van der Waals surface area contributed by atoms with E-state index in [9.17, 15) is 4.79 Å². The van der Waals surface area contributed by atoms with Gasteiger partial charge in [-0.2, -0.15) is 0 Å². The van der Waals surface area contributed by atoms with Crippen molar-refractivity contribution < 1.29 is 9.32 Å². The molecule has 0 saturated carbocycles. The van der Waals surface area contributed by atoms with Crippen molar-refractivity contribution in [3.05, 3.63) is 65.4 Å². The van der Waals surface area contributed by atoms with Gasteiger partial charge in [-0.05, 0) is 25.3 Å². The summed E-state index contributed by atoms with van der Waals surface area (Å²) in [4.78, 5) is 21.0. The smallest absolute Gasteiger partial charge is 0.274 e. The van der Waals surface area contributed by atoms with Crippen LogP contribution in [-0.4, -0.2) is 21.0 Å². The summed E-state index contributed by atoms with van der Waals surface area (Å²) in [5, 5.41) is 6.83. The van der Waals surface area contributed by atoms with E-state index in [4.69, 9.17) is 4.52 Å². The highest BCUT2D eigenvalue weighted by atomic mass is 16.5. The highest BCUT2D eigenvalue weighted by Gasteiger charge is 2.23. The monoisotopic (exact) mass is 334 g/mol. The van der Waals surface area contributed by atoms with Crippen molar-refractivity contribution in [3.8, 4) is 11.3 Å². The zero-order valence-electron chi connectivity index (χ0n) is 13.7. The van der Waals surface area contributed by atoms with Crippen LogP contribution in [0.5, 0.6) is 0 Å². The van der Waals surface area contributed by atoms with E-state index < -0.39 is 0 Å². The van der Waals surface area contributed by atoms with Gasteiger partial charge in [0, 0.05) is 17.5 Å². The zero-order valence-corrected chi connectivity index (χ0v) is 13.7. The van der Waals surface area contributed by atoms with Crippen molar-refractivity contribution in [3.63, 3.8) is 0 Å². The van der Waals surface area contributed by atoms with E-state index in [-0.39, 0.29) is 5.91 Å². The Morgan fingerprint density at radius 3 is 2.84 bits per heavy atom. The van der Waals surface area contributed by atoms with Crippen molar-refractivity contribution in [1.82, 2.24) is 20.4 Å². The molecule has 2 aromatic heterocycles. The van der Waals surface area contributed by atoms with Crippen LogP contribution in [0.15, 0.2) is 47.2 Å². The molecule has 0 fully saturated rings. The summed E-state index contributed by atoms with van der Waals surface area (Å²) in [7, 11) is 0. The highest BCUT2D eigenvalue weighted by molar-refractivity contribution is 5.93. The third kappa shape index (κ3) is 3.28. The van der Waals surface area contributed by atoms with Crippen LogP contribution < -0.4 is 5.32 Å². The van der Waals surface area contributed by atoms with Gasteiger partial charge in [0.1, 0.15) is 12.1 Å². The molecule has 0 saturated heterocycles. The first-order chi connectivity index (χ1) is 12.3. The molecule has 1 aliphatic rings. The number of carbonyl (C=O) groups excluding carboxylic acids is 1. The number of fused-ring (bicyclic) bond motifs is 1. The quantitative estimate of drug-likeness (QED) is 0.793. The lowest BCUT2D eigenvalue weighted by Gasteiger charge is -2.09. The molecule has 1 aliphatic carbocycles. The third-order valence-corrected chi connectivity index (χ3v) is 4.39. The number of rotatable bonds is 4. The molecule has 25 heavy (non-hydrogen) atoms. The second-order valence-electron chi connectivity index (χ2n) is 6.08. The van der Waals surface area contributed by atoms with Gasteiger partial charge in [-0.15, -0.1) is 0 Å². The van der Waals surface area contributed by atoms with Gasteiger partial charge >= 0.3 is 0 Å². The third-order valence-electron chi connectivity index (χ3n) is 4.39. The largest absolute Gasteiger partial charge is 0.360 e. The minimum Gasteiger partial charge on any atom is -0.360 e. The van der Waals surface area contributed by atoms with E-state index >= 15 is 0 Å². The first-order valence-electron chi connectivity index (χ1n) is 8.43. The topological polar surface area (TPSA) is 80.9 Å². The lowest BCUT2D eigenvalue weighted by molar-refractivity contribution is 0.0940. The van der Waals surface area contributed by atoms with Crippen LogP contribution in [-0.2, 0) is 19.4 Å². The Kier molecular flexibility index (Phi) is 4.24. The molecule has 3 aromatic rings. The molecule has 6 nitrogen and oxygen atoms in total. The number of hydrogen-bond donors (Lipinski definition) is 1. The molecule has 1 aromatic carbocycles. The second kappa shape index (κ2) is 6.84. The number of hydrogen-bond acceptors (Lipinski definition) is 5. The molecule has 126 valence electrons. The van der Waals surface area contributed by atoms with Crippen LogP contribution in [0.2, 0.25) is 0 Å². The predicted octanol–water partition coefficient (Wildman–Crippen LogP) is 2.94. The maximum absolute atomic E-state index is 12.4. The van der Waals surface area contributed by atoms with Crippen molar-refractivity contribution in [1.29, 1.82) is 0 Å². The first-order valence-corrected chi connectivity index (χ1v) is 8.43. The van der Waals surface area contributed by atoms with Gasteiger partial charge in [-0.25, -0.2) is 9.97 Å². The maximum Gasteiger partial charge on any atom is 0.274 e. The average molecular weight is 334 g/mol. The molecule has 0 spiro atoms. The molecule has 1 N–H and O–H groups in total. The lowest BCUT2D eigenvalue weighted by atomic mass is 9.96. The van der Waals surface area contributed by atoms with Crippen molar-refractivity contribution >= 4 is 5.91 Å². The average Bonchev–Trinajstić information content (AvgIpc) is 3.11. The normalized spacial score (nSPS) is 13.3. The fourth-order valence-corrected chi connectivity index (χ4v) is 3.08. The van der Waals surface area contributed by atoms with Crippen molar-refractivity contribution in [2.24, 2.45) is 0 Å². The van der Waals surface area contributed by atoms with Crippen LogP contribution in [0.1, 0.15) is 40.3 Å². The molecule has 4 rings (SSSR count). The number of amides is 1. The molecule has 0 atom stereocenters. The molecule has 0 radical (unpaired) electrons. The molecule has 0 unspecified atom stereocenters. The van der Waals surface area contributed by atoms with Crippen LogP contribution in [0, 0.1) is 0 Å². The summed E-state index contributed by atoms with van der Waals surface area (Å²) >= 11 is 0. The Morgan fingerprint density at radius 1 is 1.12 bits per heavy atom. The fraction of sp³-hybridized carbons (Fsp3) is 0.263. The summed E-state index contributed by atoms with van der Waals surface area (Å²) in [6.07, 6.45) is 5.39. The predicted molar refractivity (Wildman–Crippen MR) is 91.8 cm³/mol. The summed E-state index contributed by atoms with van der Waals surface area (Å²) in [6.45, 7) is 0.322. The lowest BCUT2D eigenvalue weighted by Crippen LogP contribution is -2.25. The molecule has 2 heterocycles. The van der Waals surface area contributed by atoms with Gasteiger partial charge in [0.25, 0.3) is 5.91 Å². The van der Waals surface area contributed by atoms with Gasteiger partial charge < -0.3 is 9.84 Å². The van der Waals surface area contributed by atoms with Gasteiger partial charge in [0.2, 0.25) is 0 Å². The van der Waals surface area contributed by atoms with E-state index in [1.54, 1.807) is 0 Å². The van der Waals surface area contributed by atoms with Gasteiger partial charge in [0.15, 0.2) is 5.69 Å². The van der Waals surface area contributed by atoms with E-state index in [1.165, 1.54) is 6.33 Å². The minimum atomic E-state index is -0.216. The SMILES string of the molecule is O=C(NCc1cc(-c2ccccc2)ncn1)c1noc2c1CCCC2. The van der Waals surface area contributed by atoms with Crippen LogP contribution >= 0.6 is 0 Å². The summed E-state index contributed by atoms with van der Waals surface area (Å²) < 4.78 is 5.30. The summed E-state index contributed by atoms with van der Waals surface area (Å²) in [5.41, 5.74) is 3.96. The highest BCUT2D eigenvalue weighted by Crippen LogP contribution is 2.24. The van der Waals surface area contributed by atoms with Crippen molar-refractivity contribution in [2.75, 3.05) is 0 Å². The van der Waals surface area contributed by atoms with E-state index in [1.807, 2.05) is 36.4 Å². The van der Waals surface area contributed by atoms with Crippen LogP contribution in [0.25, 0.3) is 11.3 Å². The van der Waals surface area contributed by atoms with E-state index in [2.05, 4.69) is 20.4 Å². The van der Waals surface area contributed by atoms with Gasteiger partial charge in [0.05, 0.1) is 17.9 Å². The Morgan fingerprint density at radius 2 is 1.96 bits per heavy atom. The van der Waals surface area contributed by atoms with Gasteiger partial charge in [-0.3, -0.25) is 4.79 Å².